The normalized spacial score (nSPS) is 11.6. The molecule has 2 nitrogen and oxygen atoms in total. The third-order valence-corrected chi connectivity index (χ3v) is 2.99. The topological polar surface area (TPSA) is 37.3 Å². The van der Waals surface area contributed by atoms with Crippen molar-refractivity contribution in [3.05, 3.63) is 0 Å². The molecule has 0 aliphatic heterocycles. The monoisotopic (exact) mass is 190 g/mol. The lowest BCUT2D eigenvalue weighted by Gasteiger charge is -2.17. The summed E-state index contributed by atoms with van der Waals surface area (Å²) in [5.41, 5.74) is -0.555. The molecule has 1 N–H and O–H groups in total. The summed E-state index contributed by atoms with van der Waals surface area (Å²) in [7, 11) is 0. The molecule has 0 rings (SSSR count). The minimum absolute atomic E-state index is 0.555. The van der Waals surface area contributed by atoms with Gasteiger partial charge in [-0.25, -0.2) is 0 Å². The maximum atomic E-state index is 10.7. The molecular formula is C9H18O2S. The lowest BCUT2D eigenvalue weighted by Crippen LogP contribution is -2.24. The molecule has 12 heavy (non-hydrogen) atoms. The van der Waals surface area contributed by atoms with Crippen molar-refractivity contribution in [3.63, 3.8) is 0 Å². The highest BCUT2D eigenvalue weighted by molar-refractivity contribution is 7.99. The Morgan fingerprint density at radius 3 is 2.42 bits per heavy atom. The summed E-state index contributed by atoms with van der Waals surface area (Å²) < 4.78 is 0. The van der Waals surface area contributed by atoms with Crippen LogP contribution in [0, 0.1) is 5.41 Å². The minimum atomic E-state index is -0.695. The molecule has 0 saturated heterocycles. The molecule has 72 valence electrons. The van der Waals surface area contributed by atoms with Crippen molar-refractivity contribution < 1.29 is 9.90 Å². The molecule has 0 spiro atoms. The van der Waals surface area contributed by atoms with E-state index in [1.165, 1.54) is 0 Å². The van der Waals surface area contributed by atoms with Gasteiger partial charge >= 0.3 is 5.97 Å². The van der Waals surface area contributed by atoms with Crippen LogP contribution in [0.5, 0.6) is 0 Å². The summed E-state index contributed by atoms with van der Waals surface area (Å²) in [6.45, 7) is 5.69. The number of thioether (sulfide) groups is 1. The van der Waals surface area contributed by atoms with Crippen LogP contribution >= 0.6 is 11.8 Å². The van der Waals surface area contributed by atoms with Crippen LogP contribution < -0.4 is 0 Å². The fourth-order valence-electron chi connectivity index (χ4n) is 0.681. The number of carboxylic acid groups (broad SMARTS) is 1. The van der Waals surface area contributed by atoms with Gasteiger partial charge in [0.15, 0.2) is 0 Å². The van der Waals surface area contributed by atoms with Crippen LogP contribution in [0.15, 0.2) is 0 Å². The highest BCUT2D eigenvalue weighted by atomic mass is 32.2. The van der Waals surface area contributed by atoms with Gasteiger partial charge in [-0.15, -0.1) is 0 Å². The maximum Gasteiger partial charge on any atom is 0.309 e. The van der Waals surface area contributed by atoms with Crippen LogP contribution in [-0.4, -0.2) is 22.6 Å². The standard InChI is InChI=1S/C9H18O2S/c1-4-6-12-7-5-9(2,3)8(10)11/h4-7H2,1-3H3,(H,10,11). The first-order chi connectivity index (χ1) is 5.50. The number of hydrogen-bond acceptors (Lipinski definition) is 2. The van der Waals surface area contributed by atoms with Crippen LogP contribution in [0.4, 0.5) is 0 Å². The summed E-state index contributed by atoms with van der Waals surface area (Å²) >= 11 is 1.83. The van der Waals surface area contributed by atoms with Crippen molar-refractivity contribution in [2.45, 2.75) is 33.6 Å². The van der Waals surface area contributed by atoms with Gasteiger partial charge in [0.05, 0.1) is 5.41 Å². The zero-order valence-electron chi connectivity index (χ0n) is 8.09. The molecule has 0 saturated carbocycles. The van der Waals surface area contributed by atoms with E-state index in [0.29, 0.717) is 0 Å². The highest BCUT2D eigenvalue weighted by Crippen LogP contribution is 2.22. The predicted octanol–water partition coefficient (Wildman–Crippen LogP) is 2.63. The molecular weight excluding hydrogens is 172 g/mol. The van der Waals surface area contributed by atoms with Gasteiger partial charge in [0.25, 0.3) is 0 Å². The van der Waals surface area contributed by atoms with Crippen LogP contribution in [0.25, 0.3) is 0 Å². The van der Waals surface area contributed by atoms with E-state index in [1.807, 2.05) is 11.8 Å². The second kappa shape index (κ2) is 5.46. The van der Waals surface area contributed by atoms with Gasteiger partial charge in [0.2, 0.25) is 0 Å². The van der Waals surface area contributed by atoms with Gasteiger partial charge in [-0.05, 0) is 38.2 Å². The number of rotatable bonds is 6. The largest absolute Gasteiger partial charge is 0.481 e. The third-order valence-electron chi connectivity index (χ3n) is 1.80. The van der Waals surface area contributed by atoms with Crippen molar-refractivity contribution in [1.29, 1.82) is 0 Å². The Balaban J connectivity index is 3.54. The lowest BCUT2D eigenvalue weighted by atomic mass is 9.91. The second-order valence-corrected chi connectivity index (χ2v) is 4.78. The molecule has 0 amide bonds. The summed E-state index contributed by atoms with van der Waals surface area (Å²) in [4.78, 5) is 10.7. The highest BCUT2D eigenvalue weighted by Gasteiger charge is 2.25. The molecule has 3 heteroatoms. The van der Waals surface area contributed by atoms with Crippen LogP contribution in [0.2, 0.25) is 0 Å². The van der Waals surface area contributed by atoms with Crippen LogP contribution in [0.1, 0.15) is 33.6 Å². The van der Waals surface area contributed by atoms with E-state index in [-0.39, 0.29) is 0 Å². The molecule has 0 aliphatic rings. The molecule has 0 radical (unpaired) electrons. The second-order valence-electron chi connectivity index (χ2n) is 3.55. The van der Waals surface area contributed by atoms with E-state index in [4.69, 9.17) is 5.11 Å². The van der Waals surface area contributed by atoms with Gasteiger partial charge in [-0.2, -0.15) is 11.8 Å². The van der Waals surface area contributed by atoms with Crippen molar-refractivity contribution in [2.24, 2.45) is 5.41 Å². The Bertz CT molecular complexity index is 143. The van der Waals surface area contributed by atoms with Gasteiger partial charge in [-0.1, -0.05) is 6.92 Å². The summed E-state index contributed by atoms with van der Waals surface area (Å²) in [5, 5.41) is 8.79. The van der Waals surface area contributed by atoms with E-state index in [9.17, 15) is 4.79 Å². The van der Waals surface area contributed by atoms with Crippen molar-refractivity contribution in [3.8, 4) is 0 Å². The van der Waals surface area contributed by atoms with Crippen molar-refractivity contribution in [2.75, 3.05) is 11.5 Å². The lowest BCUT2D eigenvalue weighted by molar-refractivity contribution is -0.146. The fourth-order valence-corrected chi connectivity index (χ4v) is 1.83. The summed E-state index contributed by atoms with van der Waals surface area (Å²) in [6.07, 6.45) is 1.92. The Kier molecular flexibility index (Phi) is 5.38. The first-order valence-corrected chi connectivity index (χ1v) is 5.47. The van der Waals surface area contributed by atoms with Gasteiger partial charge < -0.3 is 5.11 Å². The molecule has 0 aromatic rings. The summed E-state index contributed by atoms with van der Waals surface area (Å²) in [5.74, 6) is 1.39. The van der Waals surface area contributed by atoms with Crippen LogP contribution in [0.3, 0.4) is 0 Å². The molecule has 0 aliphatic carbocycles. The van der Waals surface area contributed by atoms with Gasteiger partial charge in [-0.3, -0.25) is 4.79 Å². The minimum Gasteiger partial charge on any atom is -0.481 e. The zero-order chi connectivity index (χ0) is 9.61. The predicted molar refractivity (Wildman–Crippen MR) is 53.6 cm³/mol. The number of carboxylic acids is 1. The number of carbonyl (C=O) groups is 1. The Morgan fingerprint density at radius 1 is 1.42 bits per heavy atom. The number of hydrogen-bond donors (Lipinski definition) is 1. The Morgan fingerprint density at radius 2 is 2.00 bits per heavy atom. The fraction of sp³-hybridized carbons (Fsp3) is 0.889. The Labute approximate surface area is 78.7 Å². The van der Waals surface area contributed by atoms with E-state index in [0.717, 1.165) is 24.3 Å². The SMILES string of the molecule is CCCSCCC(C)(C)C(=O)O. The van der Waals surface area contributed by atoms with Crippen molar-refractivity contribution in [1.82, 2.24) is 0 Å². The summed E-state index contributed by atoms with van der Waals surface area (Å²) in [6, 6.07) is 0. The quantitative estimate of drug-likeness (QED) is 0.654. The third kappa shape index (κ3) is 4.65. The molecule has 0 unspecified atom stereocenters. The van der Waals surface area contributed by atoms with E-state index in [1.54, 1.807) is 13.8 Å². The average molecular weight is 190 g/mol. The first kappa shape index (κ1) is 11.8. The number of aliphatic carboxylic acids is 1. The first-order valence-electron chi connectivity index (χ1n) is 4.32. The smallest absolute Gasteiger partial charge is 0.309 e. The Hall–Kier alpha value is -0.180. The van der Waals surface area contributed by atoms with E-state index in [2.05, 4.69) is 6.92 Å². The van der Waals surface area contributed by atoms with Gasteiger partial charge in [0, 0.05) is 0 Å². The molecule has 0 heterocycles. The van der Waals surface area contributed by atoms with E-state index < -0.39 is 11.4 Å². The van der Waals surface area contributed by atoms with Gasteiger partial charge in [0.1, 0.15) is 0 Å². The average Bonchev–Trinajstić information content (AvgIpc) is 1.98. The molecule has 0 bridgehead atoms. The van der Waals surface area contributed by atoms with Crippen molar-refractivity contribution >= 4 is 17.7 Å². The van der Waals surface area contributed by atoms with Crippen LogP contribution in [-0.2, 0) is 4.79 Å². The molecule has 0 fully saturated rings. The molecule has 0 atom stereocenters. The van der Waals surface area contributed by atoms with E-state index >= 15 is 0 Å². The maximum absolute atomic E-state index is 10.7. The molecule has 0 aromatic carbocycles. The zero-order valence-corrected chi connectivity index (χ0v) is 8.91. The molecule has 0 aromatic heterocycles.